The molecule has 1 aliphatic carbocycles. The van der Waals surface area contributed by atoms with E-state index in [1.54, 1.807) is 7.05 Å². The summed E-state index contributed by atoms with van der Waals surface area (Å²) in [6.45, 7) is 0. The quantitative estimate of drug-likeness (QED) is 0.724. The van der Waals surface area contributed by atoms with Crippen LogP contribution in [0.25, 0.3) is 0 Å². The maximum atomic E-state index is 12.9. The van der Waals surface area contributed by atoms with E-state index in [0.717, 1.165) is 25.0 Å². The summed E-state index contributed by atoms with van der Waals surface area (Å²) in [5.41, 5.74) is 0.145. The van der Waals surface area contributed by atoms with Crippen molar-refractivity contribution in [1.82, 2.24) is 5.32 Å². The van der Waals surface area contributed by atoms with E-state index >= 15 is 0 Å². The zero-order chi connectivity index (χ0) is 10.3. The first kappa shape index (κ1) is 9.52. The zero-order valence-corrected chi connectivity index (χ0v) is 7.70. The van der Waals surface area contributed by atoms with Crippen LogP contribution in [0.5, 0.6) is 0 Å². The molecule has 1 aliphatic rings. The van der Waals surface area contributed by atoms with Crippen molar-refractivity contribution in [2.45, 2.75) is 18.4 Å². The lowest BCUT2D eigenvalue weighted by Gasteiger charge is -2.14. The topological polar surface area (TPSA) is 12.0 Å². The molecule has 0 heterocycles. The van der Waals surface area contributed by atoms with E-state index in [1.807, 2.05) is 0 Å². The van der Waals surface area contributed by atoms with Gasteiger partial charge in [0.1, 0.15) is 0 Å². The highest BCUT2D eigenvalue weighted by molar-refractivity contribution is 5.31. The number of benzene rings is 1. The molecule has 1 aromatic carbocycles. The Hall–Kier alpha value is -1.03. The molecular formula is C10H10F3N. The molecule has 14 heavy (non-hydrogen) atoms. The fraction of sp³-hybridized carbons (Fsp3) is 0.400. The molecule has 1 fully saturated rings. The first-order valence-corrected chi connectivity index (χ1v) is 4.43. The van der Waals surface area contributed by atoms with Crippen molar-refractivity contribution < 1.29 is 13.2 Å². The van der Waals surface area contributed by atoms with Crippen molar-refractivity contribution in [2.75, 3.05) is 7.05 Å². The number of rotatable bonds is 2. The molecule has 4 heteroatoms. The lowest BCUT2D eigenvalue weighted by atomic mass is 10.0. The molecule has 1 nitrogen and oxygen atoms in total. The highest BCUT2D eigenvalue weighted by atomic mass is 19.2. The zero-order valence-electron chi connectivity index (χ0n) is 7.70. The molecule has 0 aliphatic heterocycles. The molecule has 0 atom stereocenters. The Balaban J connectivity index is 2.46. The lowest BCUT2D eigenvalue weighted by Crippen LogP contribution is -2.25. The molecule has 0 unspecified atom stereocenters. The smallest absolute Gasteiger partial charge is 0.194 e. The van der Waals surface area contributed by atoms with Crippen molar-refractivity contribution in [1.29, 1.82) is 0 Å². The normalized spacial score (nSPS) is 18.3. The average molecular weight is 201 g/mol. The van der Waals surface area contributed by atoms with Gasteiger partial charge in [-0.15, -0.1) is 0 Å². The largest absolute Gasteiger partial charge is 0.310 e. The van der Waals surface area contributed by atoms with Crippen LogP contribution in [0, 0.1) is 17.5 Å². The maximum absolute atomic E-state index is 12.9. The summed E-state index contributed by atoms with van der Waals surface area (Å²) in [5, 5.41) is 2.99. The van der Waals surface area contributed by atoms with Crippen LogP contribution in [0.3, 0.4) is 0 Å². The van der Waals surface area contributed by atoms with E-state index in [2.05, 4.69) is 5.32 Å². The molecule has 1 N–H and O–H groups in total. The highest BCUT2D eigenvalue weighted by Gasteiger charge is 2.43. The third-order valence-electron chi connectivity index (χ3n) is 2.76. The van der Waals surface area contributed by atoms with Gasteiger partial charge in [0.2, 0.25) is 0 Å². The van der Waals surface area contributed by atoms with Crippen LogP contribution < -0.4 is 5.32 Å². The molecule has 0 bridgehead atoms. The summed E-state index contributed by atoms with van der Waals surface area (Å²) >= 11 is 0. The Morgan fingerprint density at radius 1 is 1.14 bits per heavy atom. The molecular weight excluding hydrogens is 191 g/mol. The van der Waals surface area contributed by atoms with E-state index in [0.29, 0.717) is 5.56 Å². The van der Waals surface area contributed by atoms with Gasteiger partial charge in [-0.25, -0.2) is 13.2 Å². The van der Waals surface area contributed by atoms with Crippen LogP contribution in [0.15, 0.2) is 12.1 Å². The van der Waals surface area contributed by atoms with Crippen LogP contribution in [0.4, 0.5) is 13.2 Å². The fourth-order valence-corrected chi connectivity index (χ4v) is 1.64. The Morgan fingerprint density at radius 3 is 2.00 bits per heavy atom. The molecule has 76 valence electrons. The summed E-state index contributed by atoms with van der Waals surface area (Å²) in [4.78, 5) is 0. The van der Waals surface area contributed by atoms with Gasteiger partial charge in [0.05, 0.1) is 0 Å². The van der Waals surface area contributed by atoms with Gasteiger partial charge in [-0.05, 0) is 37.6 Å². The Kier molecular flexibility index (Phi) is 2.03. The molecule has 1 aromatic rings. The summed E-state index contributed by atoms with van der Waals surface area (Å²) in [5.74, 6) is -3.65. The van der Waals surface area contributed by atoms with Gasteiger partial charge in [0.15, 0.2) is 17.5 Å². The average Bonchev–Trinajstić information content (AvgIpc) is 2.94. The molecule has 0 amide bonds. The minimum atomic E-state index is -1.40. The van der Waals surface area contributed by atoms with E-state index in [9.17, 15) is 13.2 Å². The summed E-state index contributed by atoms with van der Waals surface area (Å²) < 4.78 is 38.4. The standard InChI is InChI=1S/C10H10F3N/c1-14-10(2-3-10)6-4-7(11)9(13)8(12)5-6/h4-5,14H,2-3H2,1H3. The van der Waals surface area contributed by atoms with Gasteiger partial charge < -0.3 is 5.32 Å². The SMILES string of the molecule is CNC1(c2cc(F)c(F)c(F)c2)CC1. The minimum absolute atomic E-state index is 0.338. The third-order valence-corrected chi connectivity index (χ3v) is 2.76. The van der Waals surface area contributed by atoms with E-state index < -0.39 is 17.5 Å². The van der Waals surface area contributed by atoms with Gasteiger partial charge >= 0.3 is 0 Å². The summed E-state index contributed by atoms with van der Waals surface area (Å²) in [6, 6.07) is 2.11. The monoisotopic (exact) mass is 201 g/mol. The van der Waals surface area contributed by atoms with Crippen LogP contribution in [0.2, 0.25) is 0 Å². The second kappa shape index (κ2) is 2.98. The van der Waals surface area contributed by atoms with Gasteiger partial charge in [-0.1, -0.05) is 0 Å². The lowest BCUT2D eigenvalue weighted by molar-refractivity contribution is 0.440. The van der Waals surface area contributed by atoms with Gasteiger partial charge in [0.25, 0.3) is 0 Å². The molecule has 0 saturated heterocycles. The van der Waals surface area contributed by atoms with Crippen LogP contribution in [0.1, 0.15) is 18.4 Å². The summed E-state index contributed by atoms with van der Waals surface area (Å²) in [6.07, 6.45) is 1.65. The first-order chi connectivity index (χ1) is 6.59. The predicted octanol–water partition coefficient (Wildman–Crippen LogP) is 2.31. The van der Waals surface area contributed by atoms with Crippen LogP contribution in [-0.2, 0) is 5.54 Å². The van der Waals surface area contributed by atoms with E-state index in [-0.39, 0.29) is 5.54 Å². The van der Waals surface area contributed by atoms with E-state index in [1.165, 1.54) is 0 Å². The van der Waals surface area contributed by atoms with E-state index in [4.69, 9.17) is 0 Å². The first-order valence-electron chi connectivity index (χ1n) is 4.43. The van der Waals surface area contributed by atoms with Gasteiger partial charge in [-0.2, -0.15) is 0 Å². The number of hydrogen-bond donors (Lipinski definition) is 1. The Morgan fingerprint density at radius 2 is 1.64 bits per heavy atom. The maximum Gasteiger partial charge on any atom is 0.194 e. The minimum Gasteiger partial charge on any atom is -0.310 e. The number of nitrogens with one attached hydrogen (secondary N) is 1. The van der Waals surface area contributed by atoms with Crippen LogP contribution in [-0.4, -0.2) is 7.05 Å². The molecule has 0 aromatic heterocycles. The third kappa shape index (κ3) is 1.30. The highest BCUT2D eigenvalue weighted by Crippen LogP contribution is 2.45. The van der Waals surface area contributed by atoms with Gasteiger partial charge in [0, 0.05) is 5.54 Å². The predicted molar refractivity (Wildman–Crippen MR) is 46.3 cm³/mol. The second-order valence-corrected chi connectivity index (χ2v) is 3.59. The molecule has 0 radical (unpaired) electrons. The van der Waals surface area contributed by atoms with Crippen LogP contribution >= 0.6 is 0 Å². The second-order valence-electron chi connectivity index (χ2n) is 3.59. The molecule has 2 rings (SSSR count). The van der Waals surface area contributed by atoms with Crippen molar-refractivity contribution in [3.05, 3.63) is 35.1 Å². The number of hydrogen-bond acceptors (Lipinski definition) is 1. The van der Waals surface area contributed by atoms with Crippen molar-refractivity contribution in [2.24, 2.45) is 0 Å². The van der Waals surface area contributed by atoms with Gasteiger partial charge in [-0.3, -0.25) is 0 Å². The Labute approximate surface area is 79.9 Å². The van der Waals surface area contributed by atoms with Crippen molar-refractivity contribution >= 4 is 0 Å². The molecule has 0 spiro atoms. The summed E-state index contributed by atoms with van der Waals surface area (Å²) in [7, 11) is 1.73. The van der Waals surface area contributed by atoms with Crippen molar-refractivity contribution in [3.8, 4) is 0 Å². The fourth-order valence-electron chi connectivity index (χ4n) is 1.64. The molecule has 1 saturated carbocycles. The Bertz CT molecular complexity index is 349. The number of halogens is 3. The van der Waals surface area contributed by atoms with Crippen molar-refractivity contribution in [3.63, 3.8) is 0 Å².